The first-order valence-electron chi connectivity index (χ1n) is 34.8. The molecule has 35 nitrogen and oxygen atoms in total. The molecule has 3 aliphatic heterocycles. The molecule has 0 bridgehead atoms. The van der Waals surface area contributed by atoms with Gasteiger partial charge in [0.1, 0.15) is 40.7 Å². The Morgan fingerprint density at radius 1 is 0.491 bits per heavy atom. The van der Waals surface area contributed by atoms with Gasteiger partial charge in [0.05, 0.1) is 164 Å². The van der Waals surface area contributed by atoms with E-state index >= 15 is 0 Å². The fourth-order valence-corrected chi connectivity index (χ4v) is 5.95. The Bertz CT molecular complexity index is 2430. The summed E-state index contributed by atoms with van der Waals surface area (Å²) in [5.41, 5.74) is 8.30. The highest BCUT2D eigenvalue weighted by Gasteiger charge is 2.21. The number of halogens is 1. The maximum atomic E-state index is 11.3. The average Bonchev–Trinajstić information content (AvgIpc) is 1.84. The lowest BCUT2D eigenvalue weighted by molar-refractivity contribution is -0.143. The quantitative estimate of drug-likeness (QED) is 0.00776. The molecule has 5 atom stereocenters. The van der Waals surface area contributed by atoms with E-state index < -0.39 is 70.2 Å². The van der Waals surface area contributed by atoms with Crippen LogP contribution >= 0.6 is 11.6 Å². The van der Waals surface area contributed by atoms with Crippen molar-refractivity contribution in [2.45, 2.75) is 136 Å². The Kier molecular flexibility index (Phi) is 73.9. The molecule has 3 heterocycles. The highest BCUT2D eigenvalue weighted by atomic mass is 35.5. The van der Waals surface area contributed by atoms with Crippen LogP contribution in [0.4, 0.5) is 19.2 Å². The second-order valence-corrected chi connectivity index (χ2v) is 25.6. The lowest BCUT2D eigenvalue weighted by Gasteiger charge is -2.19. The zero-order chi connectivity index (χ0) is 82.9. The van der Waals surface area contributed by atoms with Gasteiger partial charge in [-0.1, -0.05) is 31.9 Å². The number of nitrogens with one attached hydrogen (secondary N) is 4. The van der Waals surface area contributed by atoms with Gasteiger partial charge in [0, 0.05) is 57.5 Å². The van der Waals surface area contributed by atoms with Crippen LogP contribution in [0.5, 0.6) is 0 Å². The van der Waals surface area contributed by atoms with Crippen molar-refractivity contribution >= 4 is 59.1 Å². The smallest absolute Gasteiger partial charge is 0.407 e. The van der Waals surface area contributed by atoms with Gasteiger partial charge in [-0.3, -0.25) is 4.79 Å². The van der Waals surface area contributed by atoms with Crippen LogP contribution in [0.2, 0.25) is 0 Å². The van der Waals surface area contributed by atoms with Crippen LogP contribution in [0.25, 0.3) is 0 Å². The fraction of sp³-hybridized carbons (Fsp3) is 0.694. The summed E-state index contributed by atoms with van der Waals surface area (Å²) < 4.78 is 91.2. The Labute approximate surface area is 643 Å². The Morgan fingerprint density at radius 2 is 0.796 bits per heavy atom. The zero-order valence-corrected chi connectivity index (χ0v) is 66.4. The van der Waals surface area contributed by atoms with Crippen molar-refractivity contribution in [3.8, 4) is 0 Å². The molecule has 0 aromatic carbocycles. The number of amides is 4. The first-order valence-corrected chi connectivity index (χ1v) is 35.1. The maximum absolute atomic E-state index is 11.3. The summed E-state index contributed by atoms with van der Waals surface area (Å²) in [5.74, 6) is -1.17. The van der Waals surface area contributed by atoms with Crippen LogP contribution in [-0.2, 0) is 104 Å². The third-order valence-electron chi connectivity index (χ3n) is 10.5. The summed E-state index contributed by atoms with van der Waals surface area (Å²) in [5, 5.41) is 35.4. The SMILES string of the molecule is C=CC(=O)Cl.C=CC(=O)OC(C=C)COCCOCCNC(=O)OC(C)(C)C.C=CC(O)COCCOCCNC(=O)OC(C)(C)C.C=CC1CO1.CC(C)(C)OC(=O)NCCOCCO.CC(C)(C)OC(=O)NCCOCCOCC1C=CC(=O)O1.NCCOCCO.NCCOCCOCC1C=CC(=O)O1. The number of epoxide rings is 1. The topological polar surface area (TPSA) is 467 Å². The van der Waals surface area contributed by atoms with Gasteiger partial charge in [-0.15, -0.1) is 13.2 Å². The van der Waals surface area contributed by atoms with Crippen LogP contribution < -0.4 is 32.7 Å². The number of ether oxygens (including phenoxy) is 18. The Morgan fingerprint density at radius 3 is 1.05 bits per heavy atom. The van der Waals surface area contributed by atoms with Crippen molar-refractivity contribution in [2.75, 3.05) is 191 Å². The van der Waals surface area contributed by atoms with Crippen molar-refractivity contribution in [3.63, 3.8) is 0 Å². The number of cyclic esters (lactones) is 2. The number of esters is 3. The molecule has 0 aromatic heterocycles. The van der Waals surface area contributed by atoms with E-state index in [1.54, 1.807) is 101 Å². The van der Waals surface area contributed by atoms with E-state index in [9.17, 15) is 38.4 Å². The minimum Gasteiger partial charge on any atom is -0.453 e. The van der Waals surface area contributed by atoms with Crippen LogP contribution in [0, 0.1) is 0 Å². The van der Waals surface area contributed by atoms with Gasteiger partial charge >= 0.3 is 42.3 Å². The monoisotopic (exact) mass is 1580 g/mol. The molecule has 3 rings (SSSR count). The van der Waals surface area contributed by atoms with E-state index in [4.69, 9.17) is 124 Å². The lowest BCUT2D eigenvalue weighted by Crippen LogP contribution is -2.34. The van der Waals surface area contributed by atoms with E-state index in [0.717, 1.165) is 18.8 Å². The molecule has 4 amide bonds. The number of carbonyl (C=O) groups excluding carboxylic acids is 8. The molecule has 5 unspecified atom stereocenters. The van der Waals surface area contributed by atoms with E-state index in [2.05, 4.69) is 54.2 Å². The molecule has 108 heavy (non-hydrogen) atoms. The third kappa shape index (κ3) is 95.1. The number of rotatable bonds is 46. The maximum Gasteiger partial charge on any atom is 0.407 e. The summed E-state index contributed by atoms with van der Waals surface area (Å²) in [4.78, 5) is 86.8. The molecule has 36 heteroatoms. The number of nitrogens with two attached hydrogens (primary N) is 2. The van der Waals surface area contributed by atoms with E-state index in [-0.39, 0.29) is 57.2 Å². The van der Waals surface area contributed by atoms with Gasteiger partial charge in [0.2, 0.25) is 5.24 Å². The molecule has 1 fully saturated rings. The van der Waals surface area contributed by atoms with Crippen LogP contribution in [0.1, 0.15) is 83.1 Å². The molecular formula is C72H129ClN6O29. The van der Waals surface area contributed by atoms with Crippen LogP contribution in [0.3, 0.4) is 0 Å². The minimum atomic E-state index is -0.645. The highest BCUT2D eigenvalue weighted by molar-refractivity contribution is 6.66. The molecule has 1 saturated heterocycles. The number of allylic oxidation sites excluding steroid dienone is 1. The molecule has 0 aliphatic carbocycles. The molecule has 11 N–H and O–H groups in total. The van der Waals surface area contributed by atoms with Crippen LogP contribution in [-0.4, -0.2) is 307 Å². The van der Waals surface area contributed by atoms with Crippen LogP contribution in [0.15, 0.2) is 87.6 Å². The summed E-state index contributed by atoms with van der Waals surface area (Å²) in [6.07, 6.45) is 9.79. The van der Waals surface area contributed by atoms with Crippen molar-refractivity contribution in [3.05, 3.63) is 87.6 Å². The van der Waals surface area contributed by atoms with E-state index in [1.807, 2.05) is 0 Å². The van der Waals surface area contributed by atoms with Gasteiger partial charge < -0.3 is 133 Å². The van der Waals surface area contributed by atoms with Crippen molar-refractivity contribution in [1.82, 2.24) is 21.3 Å². The number of aliphatic hydroxyl groups excluding tert-OH is 3. The first kappa shape index (κ1) is 110. The summed E-state index contributed by atoms with van der Waals surface area (Å²) >= 11 is 4.71. The molecule has 0 aromatic rings. The second-order valence-electron chi connectivity index (χ2n) is 25.2. The molecule has 0 saturated carbocycles. The summed E-state index contributed by atoms with van der Waals surface area (Å²) in [7, 11) is 0. The number of carbonyl (C=O) groups is 8. The number of hydrogen-bond acceptors (Lipinski definition) is 31. The standard InChI is InChI=1S/C16H27NO6.C14H23NO6.C13H25NO5.C9H15NO4.C9H19NO4.C4H11NO2.C4H6O.C3H3ClO/c1-6-13(22-14(18)7-2)12-21-11-10-20-9-8-17-15(19)23-16(3,4)5;1-14(2,3)21-13(17)15-6-7-18-8-9-19-10-11-4-5-12(16)20-11;1-5-11(15)10-18-9-8-17-7-6-14-12(16)19-13(2,3)4;10-3-4-12-5-6-13-7-8-1-2-9(11)14-8;1-9(2,3)14-8(12)10-4-6-13-7-5-11;5-1-3-7-4-2-6;1-2-4-3-5-4;1-2-3(4)5/h6-7,13H,1-2,8-12H2,3-5H3,(H,17,19);4-5,11H,6-10H2,1-3H3,(H,15,17);5,11,15H,1,6-10H2,2-4H3,(H,14,16);1-2,8H,3-7,10H2;11H,4-7H2,1-3H3,(H,10,12);6H,1-5H2;2,4H,1,3H2;2H,1H2. The lowest BCUT2D eigenvalue weighted by atomic mass is 10.2. The predicted octanol–water partition coefficient (Wildman–Crippen LogP) is 4.39. The molecule has 3 aliphatic rings. The number of alkyl carbamates (subject to hydrolysis) is 4. The van der Waals surface area contributed by atoms with Gasteiger partial charge in [-0.05, 0) is 119 Å². The Balaban J connectivity index is -0.000000390. The minimum absolute atomic E-state index is 0.00750. The zero-order valence-electron chi connectivity index (χ0n) is 65.6. The van der Waals surface area contributed by atoms with E-state index in [0.29, 0.717) is 158 Å². The van der Waals surface area contributed by atoms with E-state index in [1.165, 1.54) is 24.3 Å². The molecule has 0 radical (unpaired) electrons. The van der Waals surface area contributed by atoms with Crippen molar-refractivity contribution in [1.29, 1.82) is 0 Å². The molecule has 0 spiro atoms. The molecule has 628 valence electrons. The highest BCUT2D eigenvalue weighted by Crippen LogP contribution is 2.11. The number of aliphatic hydroxyl groups is 3. The largest absolute Gasteiger partial charge is 0.453 e. The third-order valence-corrected chi connectivity index (χ3v) is 10.6. The molecular weight excluding hydrogens is 1450 g/mol. The van der Waals surface area contributed by atoms with Crippen molar-refractivity contribution < 1.29 is 139 Å². The normalized spacial score (nSPS) is 14.8. The second kappa shape index (κ2) is 72.8. The summed E-state index contributed by atoms with van der Waals surface area (Å²) in [6.45, 7) is 49.6. The first-order chi connectivity index (χ1) is 50.9. The van der Waals surface area contributed by atoms with Gasteiger partial charge in [0.25, 0.3) is 0 Å². The fourth-order valence-electron chi connectivity index (χ4n) is 5.95. The number of hydrogen-bond donors (Lipinski definition) is 9. The predicted molar refractivity (Wildman–Crippen MR) is 403 cm³/mol. The average molecular weight is 1580 g/mol. The Hall–Kier alpha value is -7.01. The van der Waals surface area contributed by atoms with Gasteiger partial charge in [-0.25, -0.2) is 33.6 Å². The summed E-state index contributed by atoms with van der Waals surface area (Å²) in [6, 6.07) is 0. The van der Waals surface area contributed by atoms with Gasteiger partial charge in [-0.2, -0.15) is 0 Å². The van der Waals surface area contributed by atoms with Crippen molar-refractivity contribution in [2.24, 2.45) is 11.5 Å². The van der Waals surface area contributed by atoms with Gasteiger partial charge in [0.15, 0.2) is 0 Å².